The predicted molar refractivity (Wildman–Crippen MR) is 54.2 cm³/mol. The molecule has 0 aliphatic heterocycles. The smallest absolute Gasteiger partial charge is 0.306 e. The molecule has 2 rings (SSSR count). The zero-order chi connectivity index (χ0) is 9.97. The minimum atomic E-state index is -0.636. The molecule has 1 aromatic carbocycles. The Labute approximate surface area is 83.6 Å². The van der Waals surface area contributed by atoms with Gasteiger partial charge in [-0.2, -0.15) is 0 Å². The minimum absolute atomic E-state index is 0.125. The summed E-state index contributed by atoms with van der Waals surface area (Å²) in [6.45, 7) is 0. The van der Waals surface area contributed by atoms with Gasteiger partial charge < -0.3 is 5.11 Å². The van der Waals surface area contributed by atoms with Gasteiger partial charge in [-0.25, -0.2) is 0 Å². The van der Waals surface area contributed by atoms with Crippen molar-refractivity contribution in [3.63, 3.8) is 0 Å². The number of aliphatic carboxylic acids is 1. The number of carbonyl (C=O) groups is 1. The van der Waals surface area contributed by atoms with Crippen LogP contribution in [0.1, 0.15) is 30.7 Å². The summed E-state index contributed by atoms with van der Waals surface area (Å²) in [5, 5.41) is 8.88. The third kappa shape index (κ3) is 1.79. The van der Waals surface area contributed by atoms with Crippen LogP contribution in [0.4, 0.5) is 0 Å². The molecule has 0 amide bonds. The maximum absolute atomic E-state index is 10.8. The summed E-state index contributed by atoms with van der Waals surface area (Å²) >= 11 is 0. The van der Waals surface area contributed by atoms with Crippen LogP contribution >= 0.6 is 0 Å². The number of hydrogen-bond donors (Lipinski definition) is 1. The van der Waals surface area contributed by atoms with Crippen molar-refractivity contribution >= 4 is 5.97 Å². The van der Waals surface area contributed by atoms with Crippen molar-refractivity contribution in [2.45, 2.75) is 25.2 Å². The Morgan fingerprint density at radius 3 is 2.50 bits per heavy atom. The molecule has 1 saturated carbocycles. The largest absolute Gasteiger partial charge is 0.481 e. The first-order valence-corrected chi connectivity index (χ1v) is 5.05. The van der Waals surface area contributed by atoms with Crippen molar-refractivity contribution in [1.82, 2.24) is 0 Å². The van der Waals surface area contributed by atoms with E-state index in [4.69, 9.17) is 5.11 Å². The topological polar surface area (TPSA) is 37.3 Å². The molecule has 2 heteroatoms. The maximum atomic E-state index is 10.8. The molecular weight excluding hydrogens is 176 g/mol. The van der Waals surface area contributed by atoms with Gasteiger partial charge >= 0.3 is 5.97 Å². The van der Waals surface area contributed by atoms with Crippen LogP contribution < -0.4 is 0 Å². The van der Waals surface area contributed by atoms with Crippen LogP contribution in [0, 0.1) is 5.92 Å². The molecule has 2 atom stereocenters. The van der Waals surface area contributed by atoms with Crippen molar-refractivity contribution in [3.05, 3.63) is 35.9 Å². The molecule has 1 aliphatic carbocycles. The fourth-order valence-electron chi connectivity index (χ4n) is 2.23. The fourth-order valence-corrected chi connectivity index (χ4v) is 2.23. The molecule has 0 bridgehead atoms. The third-order valence-electron chi connectivity index (χ3n) is 3.05. The second kappa shape index (κ2) is 3.82. The normalized spacial score (nSPS) is 26.3. The first-order valence-electron chi connectivity index (χ1n) is 5.05. The van der Waals surface area contributed by atoms with E-state index in [0.29, 0.717) is 5.92 Å². The Bertz CT molecular complexity index is 318. The number of benzene rings is 1. The van der Waals surface area contributed by atoms with Gasteiger partial charge in [-0.05, 0) is 30.7 Å². The Hall–Kier alpha value is -1.31. The first-order chi connectivity index (χ1) is 6.77. The van der Waals surface area contributed by atoms with E-state index >= 15 is 0 Å². The van der Waals surface area contributed by atoms with E-state index in [-0.39, 0.29) is 5.92 Å². The molecule has 0 spiro atoms. The number of hydrogen-bond acceptors (Lipinski definition) is 1. The molecule has 1 N–H and O–H groups in total. The highest BCUT2D eigenvalue weighted by Crippen LogP contribution is 2.38. The second-order valence-corrected chi connectivity index (χ2v) is 3.96. The van der Waals surface area contributed by atoms with Crippen LogP contribution in [-0.4, -0.2) is 11.1 Å². The molecule has 1 aromatic rings. The van der Waals surface area contributed by atoms with Gasteiger partial charge in [0.25, 0.3) is 0 Å². The minimum Gasteiger partial charge on any atom is -0.481 e. The molecule has 2 nitrogen and oxygen atoms in total. The van der Waals surface area contributed by atoms with Crippen molar-refractivity contribution in [3.8, 4) is 0 Å². The Balaban J connectivity index is 2.06. The van der Waals surface area contributed by atoms with Crippen molar-refractivity contribution in [2.24, 2.45) is 5.92 Å². The van der Waals surface area contributed by atoms with Crippen LogP contribution in [0.2, 0.25) is 0 Å². The molecule has 74 valence electrons. The van der Waals surface area contributed by atoms with E-state index < -0.39 is 5.97 Å². The van der Waals surface area contributed by atoms with Crippen molar-refractivity contribution in [2.75, 3.05) is 0 Å². The van der Waals surface area contributed by atoms with E-state index in [1.807, 2.05) is 18.2 Å². The van der Waals surface area contributed by atoms with Gasteiger partial charge in [0, 0.05) is 0 Å². The highest BCUT2D eigenvalue weighted by molar-refractivity contribution is 5.70. The van der Waals surface area contributed by atoms with Crippen molar-refractivity contribution < 1.29 is 9.90 Å². The van der Waals surface area contributed by atoms with E-state index in [1.165, 1.54) is 5.56 Å². The summed E-state index contributed by atoms with van der Waals surface area (Å²) in [5.74, 6) is -0.305. The summed E-state index contributed by atoms with van der Waals surface area (Å²) in [6.07, 6.45) is 2.65. The molecule has 0 heterocycles. The number of carboxylic acid groups (broad SMARTS) is 1. The molecule has 0 aromatic heterocycles. The summed E-state index contributed by atoms with van der Waals surface area (Å²) < 4.78 is 0. The fraction of sp³-hybridized carbons (Fsp3) is 0.417. The summed E-state index contributed by atoms with van der Waals surface area (Å²) in [6, 6.07) is 10.2. The lowest BCUT2D eigenvalue weighted by atomic mass is 9.96. The average molecular weight is 190 g/mol. The highest BCUT2D eigenvalue weighted by atomic mass is 16.4. The van der Waals surface area contributed by atoms with E-state index in [0.717, 1.165) is 19.3 Å². The lowest BCUT2D eigenvalue weighted by Crippen LogP contribution is -2.09. The lowest BCUT2D eigenvalue weighted by Gasteiger charge is -2.08. The Kier molecular flexibility index (Phi) is 2.53. The van der Waals surface area contributed by atoms with Crippen LogP contribution in [0.5, 0.6) is 0 Å². The number of rotatable bonds is 2. The SMILES string of the molecule is O=C(O)[C@@H]1CC[C@H](c2ccccc2)C1. The van der Waals surface area contributed by atoms with Gasteiger partial charge in [0.1, 0.15) is 0 Å². The van der Waals surface area contributed by atoms with Gasteiger partial charge in [0.2, 0.25) is 0 Å². The van der Waals surface area contributed by atoms with E-state index in [9.17, 15) is 4.79 Å². The Morgan fingerprint density at radius 1 is 1.21 bits per heavy atom. The molecule has 1 fully saturated rings. The average Bonchev–Trinajstić information content (AvgIpc) is 2.68. The van der Waals surface area contributed by atoms with Gasteiger partial charge in [-0.1, -0.05) is 30.3 Å². The van der Waals surface area contributed by atoms with Gasteiger partial charge in [0.15, 0.2) is 0 Å². The van der Waals surface area contributed by atoms with Crippen LogP contribution in [0.25, 0.3) is 0 Å². The second-order valence-electron chi connectivity index (χ2n) is 3.96. The van der Waals surface area contributed by atoms with E-state index in [2.05, 4.69) is 12.1 Å². The monoisotopic (exact) mass is 190 g/mol. The van der Waals surface area contributed by atoms with Gasteiger partial charge in [-0.15, -0.1) is 0 Å². The van der Waals surface area contributed by atoms with Crippen LogP contribution in [-0.2, 0) is 4.79 Å². The van der Waals surface area contributed by atoms with Gasteiger partial charge in [0.05, 0.1) is 5.92 Å². The first kappa shape index (κ1) is 9.25. The summed E-state index contributed by atoms with van der Waals surface area (Å²) in [4.78, 5) is 10.8. The van der Waals surface area contributed by atoms with E-state index in [1.54, 1.807) is 0 Å². The molecule has 0 radical (unpaired) electrons. The highest BCUT2D eigenvalue weighted by Gasteiger charge is 2.30. The molecule has 14 heavy (non-hydrogen) atoms. The lowest BCUT2D eigenvalue weighted by molar-refractivity contribution is -0.141. The number of carboxylic acids is 1. The molecular formula is C12H14O2. The summed E-state index contributed by atoms with van der Waals surface area (Å²) in [7, 11) is 0. The Morgan fingerprint density at radius 2 is 1.93 bits per heavy atom. The van der Waals surface area contributed by atoms with Crippen LogP contribution in [0.3, 0.4) is 0 Å². The molecule has 1 aliphatic rings. The standard InChI is InChI=1S/C12H14O2/c13-12(14)11-7-6-10(8-11)9-4-2-1-3-5-9/h1-5,10-11H,6-8H2,(H,13,14)/t10-,11+/m0/s1. The molecule has 0 unspecified atom stereocenters. The van der Waals surface area contributed by atoms with Gasteiger partial charge in [-0.3, -0.25) is 4.79 Å². The predicted octanol–water partition coefficient (Wildman–Crippen LogP) is 2.65. The maximum Gasteiger partial charge on any atom is 0.306 e. The zero-order valence-electron chi connectivity index (χ0n) is 8.02. The molecule has 0 saturated heterocycles. The zero-order valence-corrected chi connectivity index (χ0v) is 8.02. The summed E-state index contributed by atoms with van der Waals surface area (Å²) in [5.41, 5.74) is 1.29. The van der Waals surface area contributed by atoms with Crippen molar-refractivity contribution in [1.29, 1.82) is 0 Å². The quantitative estimate of drug-likeness (QED) is 0.778. The third-order valence-corrected chi connectivity index (χ3v) is 3.05. The van der Waals surface area contributed by atoms with Crippen LogP contribution in [0.15, 0.2) is 30.3 Å².